The quantitative estimate of drug-likeness (QED) is 0.453. The topological polar surface area (TPSA) is 66.4 Å². The van der Waals surface area contributed by atoms with Crippen molar-refractivity contribution in [1.82, 2.24) is 0 Å². The summed E-state index contributed by atoms with van der Waals surface area (Å²) in [5, 5.41) is 10.5. The number of ether oxygens (including phenoxy) is 1. The lowest BCUT2D eigenvalue weighted by molar-refractivity contribution is -0.923. The summed E-state index contributed by atoms with van der Waals surface area (Å²) in [6.45, 7) is 17.3. The molecule has 0 N–H and O–H groups in total. The molecular formula is C22H41NO4. The molecule has 2 bridgehead atoms. The number of hydrogen-bond donors (Lipinski definition) is 0. The number of hydrogen-bond acceptors (Lipinski definition) is 4. The number of carboxylic acid groups (broad SMARTS) is 1. The van der Waals surface area contributed by atoms with Gasteiger partial charge in [0.1, 0.15) is 13.2 Å². The molecule has 0 heterocycles. The fourth-order valence-electron chi connectivity index (χ4n) is 4.35. The molecule has 0 aromatic rings. The van der Waals surface area contributed by atoms with Crippen molar-refractivity contribution >= 4 is 11.9 Å². The number of quaternary nitrogens is 1. The van der Waals surface area contributed by atoms with Gasteiger partial charge in [-0.1, -0.05) is 13.3 Å². The minimum absolute atomic E-state index is 0.0681. The van der Waals surface area contributed by atoms with Crippen molar-refractivity contribution in [2.45, 2.75) is 73.6 Å². The van der Waals surface area contributed by atoms with E-state index in [4.69, 9.17) is 4.74 Å². The SMILES string of the molecule is CCC(C)(C)C(=O)OCC[N+](CC)(CC)CC.O=C([O-])C1CC2CCC1C2. The summed E-state index contributed by atoms with van der Waals surface area (Å²) < 4.78 is 6.43. The number of esters is 1. The lowest BCUT2D eigenvalue weighted by atomic mass is 9.89. The van der Waals surface area contributed by atoms with Crippen LogP contribution < -0.4 is 5.11 Å². The number of fused-ring (bicyclic) bond motifs is 2. The largest absolute Gasteiger partial charge is 0.550 e. The van der Waals surface area contributed by atoms with E-state index in [0.717, 1.165) is 56.3 Å². The van der Waals surface area contributed by atoms with Crippen molar-refractivity contribution in [3.63, 3.8) is 0 Å². The van der Waals surface area contributed by atoms with Crippen LogP contribution in [0.25, 0.3) is 0 Å². The third-order valence-electron chi connectivity index (χ3n) is 7.29. The Morgan fingerprint density at radius 2 is 1.63 bits per heavy atom. The lowest BCUT2D eigenvalue weighted by Gasteiger charge is -2.35. The Morgan fingerprint density at radius 1 is 1.04 bits per heavy atom. The average Bonchev–Trinajstić information content (AvgIpc) is 3.29. The molecule has 5 heteroatoms. The first-order chi connectivity index (χ1) is 12.6. The van der Waals surface area contributed by atoms with Gasteiger partial charge >= 0.3 is 5.97 Å². The predicted octanol–water partition coefficient (Wildman–Crippen LogP) is 3.01. The van der Waals surface area contributed by atoms with E-state index in [1.165, 1.54) is 6.42 Å². The molecule has 0 aromatic heterocycles. The normalized spacial score (nSPS) is 24.3. The van der Waals surface area contributed by atoms with E-state index in [9.17, 15) is 14.7 Å². The van der Waals surface area contributed by atoms with Crippen molar-refractivity contribution in [3.05, 3.63) is 0 Å². The Hall–Kier alpha value is -1.10. The molecule has 0 radical (unpaired) electrons. The van der Waals surface area contributed by atoms with Crippen molar-refractivity contribution in [2.75, 3.05) is 32.8 Å². The van der Waals surface area contributed by atoms with Crippen molar-refractivity contribution in [3.8, 4) is 0 Å². The maximum atomic E-state index is 11.8. The Balaban J connectivity index is 0.000000303. The number of carbonyl (C=O) groups is 2. The molecule has 0 aromatic carbocycles. The first-order valence-electron chi connectivity index (χ1n) is 10.9. The number of rotatable bonds is 9. The third kappa shape index (κ3) is 6.48. The third-order valence-corrected chi connectivity index (χ3v) is 7.29. The molecule has 3 unspecified atom stereocenters. The Labute approximate surface area is 166 Å². The summed E-state index contributed by atoms with van der Waals surface area (Å²) in [6.07, 6.45) is 5.25. The highest BCUT2D eigenvalue weighted by Gasteiger charge is 2.39. The zero-order valence-corrected chi connectivity index (χ0v) is 18.4. The molecule has 2 rings (SSSR count). The van der Waals surface area contributed by atoms with Gasteiger partial charge in [-0.3, -0.25) is 4.79 Å². The summed E-state index contributed by atoms with van der Waals surface area (Å²) in [7, 11) is 0. The summed E-state index contributed by atoms with van der Waals surface area (Å²) in [5.74, 6) is 0.204. The highest BCUT2D eigenvalue weighted by molar-refractivity contribution is 5.75. The van der Waals surface area contributed by atoms with E-state index >= 15 is 0 Å². The van der Waals surface area contributed by atoms with Crippen LogP contribution in [0.1, 0.15) is 73.6 Å². The summed E-state index contributed by atoms with van der Waals surface area (Å²) in [5.41, 5.74) is -0.347. The van der Waals surface area contributed by atoms with Crippen LogP contribution in [0.15, 0.2) is 0 Å². The molecule has 0 spiro atoms. The van der Waals surface area contributed by atoms with Gasteiger partial charge < -0.3 is 19.1 Å². The fraction of sp³-hybridized carbons (Fsp3) is 0.909. The van der Waals surface area contributed by atoms with Crippen LogP contribution in [0.3, 0.4) is 0 Å². The maximum absolute atomic E-state index is 11.8. The minimum Gasteiger partial charge on any atom is -0.550 e. The molecule has 2 fully saturated rings. The molecule has 0 saturated heterocycles. The predicted molar refractivity (Wildman–Crippen MR) is 106 cm³/mol. The molecule has 27 heavy (non-hydrogen) atoms. The van der Waals surface area contributed by atoms with Gasteiger partial charge in [-0.15, -0.1) is 0 Å². The summed E-state index contributed by atoms with van der Waals surface area (Å²) in [4.78, 5) is 22.3. The second-order valence-electron chi connectivity index (χ2n) is 8.99. The molecule has 0 amide bonds. The van der Waals surface area contributed by atoms with Gasteiger partial charge in [-0.25, -0.2) is 0 Å². The Morgan fingerprint density at radius 3 is 1.96 bits per heavy atom. The molecule has 2 aliphatic carbocycles. The van der Waals surface area contributed by atoms with Gasteiger partial charge in [0.05, 0.1) is 25.0 Å². The zero-order valence-electron chi connectivity index (χ0n) is 18.4. The minimum atomic E-state index is -0.813. The van der Waals surface area contributed by atoms with Gasteiger partial charge in [-0.2, -0.15) is 0 Å². The number of likely N-dealkylation sites (N-methyl/N-ethyl adjacent to an activating group) is 1. The summed E-state index contributed by atoms with van der Waals surface area (Å²) in [6, 6.07) is 0. The molecule has 2 aliphatic rings. The molecule has 3 atom stereocenters. The lowest BCUT2D eigenvalue weighted by Crippen LogP contribution is -2.50. The van der Waals surface area contributed by atoms with E-state index in [2.05, 4.69) is 20.8 Å². The van der Waals surface area contributed by atoms with Crippen molar-refractivity contribution in [2.24, 2.45) is 23.2 Å². The second-order valence-corrected chi connectivity index (χ2v) is 8.99. The highest BCUT2D eigenvalue weighted by Crippen LogP contribution is 2.47. The van der Waals surface area contributed by atoms with Crippen LogP contribution >= 0.6 is 0 Å². The Bertz CT molecular complexity index is 476. The first kappa shape index (κ1) is 23.9. The highest BCUT2D eigenvalue weighted by atomic mass is 16.5. The van der Waals surface area contributed by atoms with E-state index in [1.807, 2.05) is 20.8 Å². The van der Waals surface area contributed by atoms with Gasteiger partial charge in [-0.05, 0) is 72.1 Å². The molecule has 2 saturated carbocycles. The standard InChI is InChI=1S/C14H30NO2.C8H12O2/c1-7-14(5,6)13(16)17-12-11-15(8-2,9-3)10-4;9-8(10)7-4-5-1-2-6(7)3-5/h7-12H2,1-6H3;5-7H,1-4H2,(H,9,10)/q+1;/p-1. The van der Waals surface area contributed by atoms with E-state index in [1.54, 1.807) is 0 Å². The van der Waals surface area contributed by atoms with Gasteiger partial charge in [0.15, 0.2) is 0 Å². The van der Waals surface area contributed by atoms with Crippen LogP contribution in [-0.2, 0) is 14.3 Å². The molecule has 158 valence electrons. The molecule has 5 nitrogen and oxygen atoms in total. The summed E-state index contributed by atoms with van der Waals surface area (Å²) >= 11 is 0. The van der Waals surface area contributed by atoms with E-state index in [0.29, 0.717) is 18.4 Å². The van der Waals surface area contributed by atoms with Gasteiger partial charge in [0.25, 0.3) is 0 Å². The van der Waals surface area contributed by atoms with Gasteiger partial charge in [0, 0.05) is 11.9 Å². The fourth-order valence-corrected chi connectivity index (χ4v) is 4.35. The maximum Gasteiger partial charge on any atom is 0.311 e. The number of carboxylic acids is 1. The smallest absolute Gasteiger partial charge is 0.311 e. The number of aliphatic carboxylic acids is 1. The van der Waals surface area contributed by atoms with E-state index in [-0.39, 0.29) is 17.3 Å². The number of carbonyl (C=O) groups excluding carboxylic acids is 2. The van der Waals surface area contributed by atoms with Gasteiger partial charge in [0.2, 0.25) is 0 Å². The molecule has 0 aliphatic heterocycles. The van der Waals surface area contributed by atoms with Crippen LogP contribution in [0.4, 0.5) is 0 Å². The number of nitrogens with zero attached hydrogens (tertiary/aromatic N) is 1. The van der Waals surface area contributed by atoms with Crippen molar-refractivity contribution < 1.29 is 23.9 Å². The van der Waals surface area contributed by atoms with Crippen LogP contribution in [0, 0.1) is 23.2 Å². The van der Waals surface area contributed by atoms with Crippen LogP contribution in [0.5, 0.6) is 0 Å². The average molecular weight is 384 g/mol. The Kier molecular flexibility index (Phi) is 9.26. The zero-order chi connectivity index (χ0) is 20.7. The van der Waals surface area contributed by atoms with Crippen LogP contribution in [0.2, 0.25) is 0 Å². The molecular weight excluding hydrogens is 342 g/mol. The first-order valence-corrected chi connectivity index (χ1v) is 10.9. The monoisotopic (exact) mass is 383 g/mol. The van der Waals surface area contributed by atoms with E-state index < -0.39 is 5.97 Å². The van der Waals surface area contributed by atoms with Crippen molar-refractivity contribution in [1.29, 1.82) is 0 Å². The van der Waals surface area contributed by atoms with Crippen LogP contribution in [-0.4, -0.2) is 49.2 Å². The second kappa shape index (κ2) is 10.4.